The normalized spacial score (nSPS) is 19.6. The van der Waals surface area contributed by atoms with Crippen molar-refractivity contribution in [3.8, 4) is 0 Å². The summed E-state index contributed by atoms with van der Waals surface area (Å²) in [6.07, 6.45) is 4.78. The lowest BCUT2D eigenvalue weighted by atomic mass is 9.94. The van der Waals surface area contributed by atoms with Crippen molar-refractivity contribution in [2.75, 3.05) is 5.73 Å². The number of anilines is 1. The van der Waals surface area contributed by atoms with Crippen molar-refractivity contribution < 1.29 is 0 Å². The van der Waals surface area contributed by atoms with E-state index in [9.17, 15) is 0 Å². The topological polar surface area (TPSA) is 38.9 Å². The van der Waals surface area contributed by atoms with E-state index in [1.165, 1.54) is 36.1 Å². The fourth-order valence-electron chi connectivity index (χ4n) is 2.65. The van der Waals surface area contributed by atoms with Crippen molar-refractivity contribution in [1.29, 1.82) is 0 Å². The lowest BCUT2D eigenvalue weighted by molar-refractivity contribution is 0.601. The van der Waals surface area contributed by atoms with Gasteiger partial charge in [-0.2, -0.15) is 0 Å². The van der Waals surface area contributed by atoms with Crippen molar-refractivity contribution in [2.45, 2.75) is 31.6 Å². The molecule has 17 heavy (non-hydrogen) atoms. The standard InChI is InChI=1S/C14H16N2S/c15-14-16-13(9-17-14)12-7-3-6-10-4-1-2-5-11(10)8-12/h1-2,4-5,9,12H,3,6-8H2,(H2,15,16). The first-order valence-corrected chi connectivity index (χ1v) is 6.98. The molecule has 88 valence electrons. The van der Waals surface area contributed by atoms with Gasteiger partial charge in [0.15, 0.2) is 5.13 Å². The molecule has 3 heteroatoms. The molecule has 0 radical (unpaired) electrons. The Morgan fingerprint density at radius 1 is 1.24 bits per heavy atom. The summed E-state index contributed by atoms with van der Waals surface area (Å²) in [5.41, 5.74) is 9.91. The first-order valence-electron chi connectivity index (χ1n) is 6.10. The number of fused-ring (bicyclic) bond motifs is 1. The van der Waals surface area contributed by atoms with Gasteiger partial charge < -0.3 is 5.73 Å². The van der Waals surface area contributed by atoms with Crippen molar-refractivity contribution >= 4 is 16.5 Å². The summed E-state index contributed by atoms with van der Waals surface area (Å²) < 4.78 is 0. The second-order valence-electron chi connectivity index (χ2n) is 4.67. The number of nitrogens with two attached hydrogens (primary N) is 1. The van der Waals surface area contributed by atoms with Crippen LogP contribution in [0.1, 0.15) is 35.6 Å². The molecule has 1 aromatic carbocycles. The van der Waals surface area contributed by atoms with Crippen LogP contribution in [0.5, 0.6) is 0 Å². The second kappa shape index (κ2) is 4.49. The highest BCUT2D eigenvalue weighted by molar-refractivity contribution is 7.13. The number of nitrogen functional groups attached to an aromatic ring is 1. The van der Waals surface area contributed by atoms with Crippen LogP contribution in [0.25, 0.3) is 0 Å². The third kappa shape index (κ3) is 2.20. The zero-order valence-corrected chi connectivity index (χ0v) is 10.5. The number of benzene rings is 1. The van der Waals surface area contributed by atoms with E-state index in [2.05, 4.69) is 34.6 Å². The molecule has 0 saturated carbocycles. The van der Waals surface area contributed by atoms with E-state index in [1.54, 1.807) is 11.3 Å². The number of hydrogen-bond acceptors (Lipinski definition) is 3. The maximum atomic E-state index is 5.73. The van der Waals surface area contributed by atoms with Crippen LogP contribution in [0.3, 0.4) is 0 Å². The van der Waals surface area contributed by atoms with E-state index < -0.39 is 0 Å². The maximum absolute atomic E-state index is 5.73. The molecule has 1 heterocycles. The quantitative estimate of drug-likeness (QED) is 0.781. The minimum atomic E-state index is 0.548. The lowest BCUT2D eigenvalue weighted by Crippen LogP contribution is -2.02. The van der Waals surface area contributed by atoms with E-state index in [0.29, 0.717) is 11.0 Å². The van der Waals surface area contributed by atoms with E-state index in [0.717, 1.165) is 6.42 Å². The van der Waals surface area contributed by atoms with Gasteiger partial charge in [0, 0.05) is 11.3 Å². The van der Waals surface area contributed by atoms with Crippen molar-refractivity contribution in [3.05, 3.63) is 46.5 Å². The fourth-order valence-corrected chi connectivity index (χ4v) is 3.29. The molecule has 1 aliphatic rings. The van der Waals surface area contributed by atoms with Gasteiger partial charge in [-0.25, -0.2) is 4.98 Å². The van der Waals surface area contributed by atoms with Crippen LogP contribution in [-0.2, 0) is 12.8 Å². The van der Waals surface area contributed by atoms with Gasteiger partial charge >= 0.3 is 0 Å². The van der Waals surface area contributed by atoms with E-state index in [4.69, 9.17) is 5.73 Å². The third-order valence-corrected chi connectivity index (χ3v) is 4.23. The molecule has 0 bridgehead atoms. The zero-order valence-electron chi connectivity index (χ0n) is 9.73. The van der Waals surface area contributed by atoms with E-state index in [-0.39, 0.29) is 0 Å². The maximum Gasteiger partial charge on any atom is 0.180 e. The molecule has 2 nitrogen and oxygen atoms in total. The van der Waals surface area contributed by atoms with Crippen LogP contribution in [0.4, 0.5) is 5.13 Å². The van der Waals surface area contributed by atoms with Gasteiger partial charge in [0.25, 0.3) is 0 Å². The van der Waals surface area contributed by atoms with Gasteiger partial charge in [-0.15, -0.1) is 11.3 Å². The Bertz CT molecular complexity index is 518. The highest BCUT2D eigenvalue weighted by Crippen LogP contribution is 2.32. The average Bonchev–Trinajstić information content (AvgIpc) is 2.65. The molecule has 1 unspecified atom stereocenters. The molecule has 0 fully saturated rings. The summed E-state index contributed by atoms with van der Waals surface area (Å²) in [5, 5.41) is 2.81. The molecule has 1 atom stereocenters. The molecular weight excluding hydrogens is 228 g/mol. The van der Waals surface area contributed by atoms with Crippen molar-refractivity contribution in [3.63, 3.8) is 0 Å². The molecule has 0 spiro atoms. The van der Waals surface area contributed by atoms with Crippen LogP contribution in [0.15, 0.2) is 29.6 Å². The Morgan fingerprint density at radius 2 is 2.06 bits per heavy atom. The SMILES string of the molecule is Nc1nc(C2CCCc3ccccc3C2)cs1. The average molecular weight is 244 g/mol. The predicted molar refractivity (Wildman–Crippen MR) is 72.4 cm³/mol. The molecule has 2 N–H and O–H groups in total. The third-order valence-electron chi connectivity index (χ3n) is 3.54. The summed E-state index contributed by atoms with van der Waals surface area (Å²) in [5.74, 6) is 0.548. The number of rotatable bonds is 1. The number of nitrogens with zero attached hydrogens (tertiary/aromatic N) is 1. The summed E-state index contributed by atoms with van der Waals surface area (Å²) in [4.78, 5) is 4.45. The first kappa shape index (κ1) is 10.8. The van der Waals surface area contributed by atoms with Gasteiger partial charge in [0.05, 0.1) is 5.69 Å². The lowest BCUT2D eigenvalue weighted by Gasteiger charge is -2.11. The molecular formula is C14H16N2S. The summed E-state index contributed by atoms with van der Waals surface area (Å²) in [7, 11) is 0. The van der Waals surface area contributed by atoms with Crippen molar-refractivity contribution in [1.82, 2.24) is 4.98 Å². The Kier molecular flexibility index (Phi) is 2.85. The van der Waals surface area contributed by atoms with Crippen LogP contribution in [0, 0.1) is 0 Å². The minimum absolute atomic E-state index is 0.548. The highest BCUT2D eigenvalue weighted by Gasteiger charge is 2.19. The highest BCUT2D eigenvalue weighted by atomic mass is 32.1. The second-order valence-corrected chi connectivity index (χ2v) is 5.56. The molecule has 0 saturated heterocycles. The molecule has 2 aromatic rings. The van der Waals surface area contributed by atoms with Crippen LogP contribution >= 0.6 is 11.3 Å². The Labute approximate surface area is 106 Å². The number of thiazole rings is 1. The number of aromatic nitrogens is 1. The minimum Gasteiger partial charge on any atom is -0.375 e. The van der Waals surface area contributed by atoms with Gasteiger partial charge in [0.1, 0.15) is 0 Å². The number of aryl methyl sites for hydroxylation is 1. The largest absolute Gasteiger partial charge is 0.375 e. The van der Waals surface area contributed by atoms with E-state index in [1.807, 2.05) is 0 Å². The molecule has 3 rings (SSSR count). The fraction of sp³-hybridized carbons (Fsp3) is 0.357. The van der Waals surface area contributed by atoms with Gasteiger partial charge in [0.2, 0.25) is 0 Å². The Hall–Kier alpha value is -1.35. The summed E-state index contributed by atoms with van der Waals surface area (Å²) >= 11 is 1.55. The summed E-state index contributed by atoms with van der Waals surface area (Å²) in [6.45, 7) is 0. The smallest absolute Gasteiger partial charge is 0.180 e. The zero-order chi connectivity index (χ0) is 11.7. The Morgan fingerprint density at radius 3 is 2.82 bits per heavy atom. The van der Waals surface area contributed by atoms with E-state index >= 15 is 0 Å². The predicted octanol–water partition coefficient (Wildman–Crippen LogP) is 3.39. The molecule has 0 aliphatic heterocycles. The first-order chi connectivity index (χ1) is 8.33. The van der Waals surface area contributed by atoms with Gasteiger partial charge in [-0.1, -0.05) is 24.3 Å². The van der Waals surface area contributed by atoms with Gasteiger partial charge in [-0.3, -0.25) is 0 Å². The van der Waals surface area contributed by atoms with Crippen molar-refractivity contribution in [2.24, 2.45) is 0 Å². The molecule has 0 amide bonds. The summed E-state index contributed by atoms with van der Waals surface area (Å²) in [6, 6.07) is 8.78. The number of hydrogen-bond donors (Lipinski definition) is 1. The van der Waals surface area contributed by atoms with Crippen LogP contribution in [0.2, 0.25) is 0 Å². The van der Waals surface area contributed by atoms with Gasteiger partial charge in [-0.05, 0) is 36.8 Å². The monoisotopic (exact) mass is 244 g/mol. The van der Waals surface area contributed by atoms with Crippen LogP contribution < -0.4 is 5.73 Å². The Balaban J connectivity index is 1.90. The van der Waals surface area contributed by atoms with Crippen LogP contribution in [-0.4, -0.2) is 4.98 Å². The molecule has 1 aromatic heterocycles. The molecule has 1 aliphatic carbocycles.